The van der Waals surface area contributed by atoms with Gasteiger partial charge >= 0.3 is 5.97 Å². The number of nitrogens with zero attached hydrogens (tertiary/aromatic N) is 2. The van der Waals surface area contributed by atoms with Crippen LogP contribution in [0.1, 0.15) is 34.0 Å². The number of benzene rings is 2. The lowest BCUT2D eigenvalue weighted by Gasteiger charge is -2.22. The fourth-order valence-electron chi connectivity index (χ4n) is 3.96. The van der Waals surface area contributed by atoms with Gasteiger partial charge in [-0.25, -0.2) is 13.2 Å². The average Bonchev–Trinajstić information content (AvgIpc) is 3.06. The number of fused-ring (bicyclic) bond motifs is 2. The fraction of sp³-hybridized carbons (Fsp3) is 0.350. The monoisotopic (exact) mass is 448 g/mol. The van der Waals surface area contributed by atoms with E-state index in [9.17, 15) is 23.3 Å². The zero-order valence-corrected chi connectivity index (χ0v) is 17.7. The summed E-state index contributed by atoms with van der Waals surface area (Å²) in [5, 5.41) is 11.2. The summed E-state index contributed by atoms with van der Waals surface area (Å²) in [6.45, 7) is 1.75. The van der Waals surface area contributed by atoms with E-state index in [0.717, 1.165) is 11.8 Å². The number of sulfonamides is 1. The van der Waals surface area contributed by atoms with Crippen LogP contribution in [0.25, 0.3) is 0 Å². The normalized spacial score (nSPS) is 17.5. The van der Waals surface area contributed by atoms with E-state index in [2.05, 4.69) is 0 Å². The molecule has 1 atom stereocenters. The van der Waals surface area contributed by atoms with Crippen LogP contribution >= 0.6 is 0 Å². The van der Waals surface area contributed by atoms with E-state index in [0.29, 0.717) is 29.0 Å². The predicted molar refractivity (Wildman–Crippen MR) is 109 cm³/mol. The molecule has 0 aromatic heterocycles. The van der Waals surface area contributed by atoms with Crippen molar-refractivity contribution in [1.82, 2.24) is 0 Å². The zero-order valence-electron chi connectivity index (χ0n) is 16.9. The Morgan fingerprint density at radius 3 is 2.77 bits per heavy atom. The third kappa shape index (κ3) is 4.06. The van der Waals surface area contributed by atoms with E-state index in [4.69, 9.17) is 14.2 Å². The van der Waals surface area contributed by atoms with Crippen LogP contribution < -0.4 is 9.04 Å². The van der Waals surface area contributed by atoms with Crippen LogP contribution in [0.4, 0.5) is 11.4 Å². The van der Waals surface area contributed by atoms with Crippen LogP contribution in [0.3, 0.4) is 0 Å². The molecule has 11 heteroatoms. The zero-order chi connectivity index (χ0) is 22.3. The first-order chi connectivity index (χ1) is 14.6. The maximum atomic E-state index is 12.6. The van der Waals surface area contributed by atoms with Crippen LogP contribution in [0.15, 0.2) is 30.3 Å². The van der Waals surface area contributed by atoms with Crippen LogP contribution in [-0.4, -0.2) is 38.4 Å². The van der Waals surface area contributed by atoms with Crippen LogP contribution in [-0.2, 0) is 39.1 Å². The number of anilines is 1. The molecule has 0 bridgehead atoms. The van der Waals surface area contributed by atoms with Gasteiger partial charge in [-0.3, -0.25) is 14.4 Å². The van der Waals surface area contributed by atoms with Crippen molar-refractivity contribution in [2.45, 2.75) is 32.6 Å². The Hall–Kier alpha value is -3.18. The topological polar surface area (TPSA) is 125 Å². The third-order valence-electron chi connectivity index (χ3n) is 5.17. The fourth-order valence-corrected chi connectivity index (χ4v) is 5.22. The lowest BCUT2D eigenvalue weighted by atomic mass is 10.1. The summed E-state index contributed by atoms with van der Waals surface area (Å²) < 4.78 is 41.4. The van der Waals surface area contributed by atoms with E-state index < -0.39 is 20.9 Å². The SMILES string of the molecule is CC1Cc2cc(C(=O)OCc3cc([N+](=O)[O-])cc4c3OCOC4)ccc2N1S(C)(=O)=O. The lowest BCUT2D eigenvalue weighted by Crippen LogP contribution is -2.34. The second kappa shape index (κ2) is 7.82. The van der Waals surface area contributed by atoms with Crippen molar-refractivity contribution >= 4 is 27.4 Å². The summed E-state index contributed by atoms with van der Waals surface area (Å²) in [5.74, 6) is -0.211. The highest BCUT2D eigenvalue weighted by Crippen LogP contribution is 2.36. The molecular weight excluding hydrogens is 428 g/mol. The molecule has 2 aliphatic heterocycles. The highest BCUT2D eigenvalue weighted by atomic mass is 32.2. The Balaban J connectivity index is 1.55. The second-order valence-corrected chi connectivity index (χ2v) is 9.35. The van der Waals surface area contributed by atoms with Crippen molar-refractivity contribution in [2.24, 2.45) is 0 Å². The number of nitro benzene ring substituents is 1. The summed E-state index contributed by atoms with van der Waals surface area (Å²) in [6, 6.07) is 7.15. The molecule has 0 fully saturated rings. The average molecular weight is 448 g/mol. The summed E-state index contributed by atoms with van der Waals surface area (Å²) in [4.78, 5) is 23.3. The molecule has 0 amide bonds. The smallest absolute Gasteiger partial charge is 0.338 e. The number of hydrogen-bond donors (Lipinski definition) is 0. The molecule has 0 aliphatic carbocycles. The van der Waals surface area contributed by atoms with Crippen molar-refractivity contribution in [3.63, 3.8) is 0 Å². The Labute approximate surface area is 178 Å². The number of non-ortho nitro benzene ring substituents is 1. The Morgan fingerprint density at radius 1 is 1.29 bits per heavy atom. The van der Waals surface area contributed by atoms with E-state index in [1.54, 1.807) is 19.1 Å². The number of esters is 1. The Bertz CT molecular complexity index is 1180. The summed E-state index contributed by atoms with van der Waals surface area (Å²) in [5.41, 5.74) is 2.29. The molecule has 0 saturated heterocycles. The number of carbonyl (C=O) groups excluding carboxylic acids is 1. The van der Waals surface area contributed by atoms with Gasteiger partial charge in [0.2, 0.25) is 10.0 Å². The maximum Gasteiger partial charge on any atom is 0.338 e. The first-order valence-electron chi connectivity index (χ1n) is 9.45. The number of rotatable bonds is 5. The van der Waals surface area contributed by atoms with Gasteiger partial charge in [-0.05, 0) is 37.1 Å². The van der Waals surface area contributed by atoms with Crippen LogP contribution in [0, 0.1) is 10.1 Å². The van der Waals surface area contributed by atoms with Crippen molar-refractivity contribution in [2.75, 3.05) is 17.4 Å². The molecule has 1 unspecified atom stereocenters. The number of hydrogen-bond acceptors (Lipinski definition) is 8. The summed E-state index contributed by atoms with van der Waals surface area (Å²) in [7, 11) is -3.43. The molecule has 4 rings (SSSR count). The van der Waals surface area contributed by atoms with E-state index in [1.807, 2.05) is 0 Å². The van der Waals surface area contributed by atoms with Gasteiger partial charge in [0, 0.05) is 29.3 Å². The van der Waals surface area contributed by atoms with Crippen LogP contribution in [0.5, 0.6) is 5.75 Å². The number of ether oxygens (including phenoxy) is 3. The molecule has 2 aromatic rings. The third-order valence-corrected chi connectivity index (χ3v) is 6.44. The molecule has 2 aliphatic rings. The molecule has 2 aromatic carbocycles. The van der Waals surface area contributed by atoms with Crippen molar-refractivity contribution in [3.05, 3.63) is 62.7 Å². The van der Waals surface area contributed by atoms with Gasteiger partial charge in [0.25, 0.3) is 5.69 Å². The number of carbonyl (C=O) groups is 1. The minimum atomic E-state index is -3.43. The largest absolute Gasteiger partial charge is 0.467 e. The van der Waals surface area contributed by atoms with E-state index in [-0.39, 0.29) is 37.3 Å². The molecule has 2 heterocycles. The van der Waals surface area contributed by atoms with Crippen molar-refractivity contribution in [1.29, 1.82) is 0 Å². The van der Waals surface area contributed by atoms with Gasteiger partial charge in [-0.2, -0.15) is 0 Å². The summed E-state index contributed by atoms with van der Waals surface area (Å²) >= 11 is 0. The molecular formula is C20H20N2O8S. The minimum Gasteiger partial charge on any atom is -0.467 e. The molecule has 164 valence electrons. The highest BCUT2D eigenvalue weighted by Gasteiger charge is 2.33. The van der Waals surface area contributed by atoms with Gasteiger partial charge in [0.05, 0.1) is 29.0 Å². The van der Waals surface area contributed by atoms with Gasteiger partial charge in [-0.15, -0.1) is 0 Å². The first-order valence-corrected chi connectivity index (χ1v) is 11.3. The van der Waals surface area contributed by atoms with Gasteiger partial charge in [0.15, 0.2) is 6.79 Å². The molecule has 10 nitrogen and oxygen atoms in total. The highest BCUT2D eigenvalue weighted by molar-refractivity contribution is 7.92. The van der Waals surface area contributed by atoms with Gasteiger partial charge < -0.3 is 14.2 Å². The van der Waals surface area contributed by atoms with Gasteiger partial charge in [-0.1, -0.05) is 0 Å². The van der Waals surface area contributed by atoms with Crippen molar-refractivity contribution in [3.8, 4) is 5.75 Å². The molecule has 31 heavy (non-hydrogen) atoms. The maximum absolute atomic E-state index is 12.6. The summed E-state index contributed by atoms with van der Waals surface area (Å²) in [6.07, 6.45) is 1.63. The minimum absolute atomic E-state index is 0.00556. The van der Waals surface area contributed by atoms with E-state index >= 15 is 0 Å². The Morgan fingerprint density at radius 2 is 2.06 bits per heavy atom. The molecule has 0 N–H and O–H groups in total. The first kappa shape index (κ1) is 21.1. The standard InChI is InChI=1S/C20H20N2O8S/c1-12-5-14-6-13(3-4-18(14)21(12)31(2,26)27)20(23)29-10-16-8-17(22(24)25)7-15-9-28-11-30-19(15)16/h3-4,6-8,12H,5,9-11H2,1-2H3. The number of nitro groups is 1. The molecule has 0 saturated carbocycles. The Kier molecular flexibility index (Phi) is 5.31. The molecule has 0 radical (unpaired) electrons. The second-order valence-electron chi connectivity index (χ2n) is 7.49. The van der Waals surface area contributed by atoms with E-state index in [1.165, 1.54) is 22.5 Å². The van der Waals surface area contributed by atoms with Crippen molar-refractivity contribution < 1.29 is 32.3 Å². The lowest BCUT2D eigenvalue weighted by molar-refractivity contribution is -0.385. The van der Waals surface area contributed by atoms with Crippen LogP contribution in [0.2, 0.25) is 0 Å². The predicted octanol–water partition coefficient (Wildman–Crippen LogP) is 2.53. The van der Waals surface area contributed by atoms with Gasteiger partial charge in [0.1, 0.15) is 12.4 Å². The molecule has 0 spiro atoms. The quantitative estimate of drug-likeness (QED) is 0.388.